The van der Waals surface area contributed by atoms with Gasteiger partial charge in [0.05, 0.1) is 19.8 Å². The number of hydrogen-bond donors (Lipinski definition) is 1. The highest BCUT2D eigenvalue weighted by atomic mass is 16.8. The van der Waals surface area contributed by atoms with Gasteiger partial charge in [0.25, 0.3) is 5.79 Å². The molecule has 1 N–H and O–H groups in total. The summed E-state index contributed by atoms with van der Waals surface area (Å²) in [5.74, 6) is -2.13. The van der Waals surface area contributed by atoms with Gasteiger partial charge in [-0.05, 0) is 13.3 Å². The summed E-state index contributed by atoms with van der Waals surface area (Å²) < 4.78 is 15.6. The molecule has 0 aromatic carbocycles. The number of nitrogens with one attached hydrogen (secondary N) is 1. The largest absolute Gasteiger partial charge is 0.462 e. The van der Waals surface area contributed by atoms with Gasteiger partial charge >= 0.3 is 5.97 Å². The van der Waals surface area contributed by atoms with Crippen LogP contribution in [0, 0.1) is 0 Å². The lowest BCUT2D eigenvalue weighted by Gasteiger charge is -2.34. The van der Waals surface area contributed by atoms with Crippen LogP contribution < -0.4 is 5.48 Å². The van der Waals surface area contributed by atoms with Crippen LogP contribution in [0.1, 0.15) is 46.5 Å². The first-order valence-corrected chi connectivity index (χ1v) is 7.41. The van der Waals surface area contributed by atoms with E-state index in [1.54, 1.807) is 6.92 Å². The SMILES string of the molecule is CCCCCC(=O)NOC1COC(C)(C(=O)OCC)OC1. The van der Waals surface area contributed by atoms with E-state index < -0.39 is 17.9 Å². The molecule has 0 aromatic heterocycles. The summed E-state index contributed by atoms with van der Waals surface area (Å²) in [5.41, 5.74) is 2.38. The number of hydroxylamine groups is 1. The Balaban J connectivity index is 2.24. The summed E-state index contributed by atoms with van der Waals surface area (Å²) in [4.78, 5) is 28.4. The summed E-state index contributed by atoms with van der Waals surface area (Å²) in [5, 5.41) is 0. The summed E-state index contributed by atoms with van der Waals surface area (Å²) in [6.45, 7) is 5.84. The normalized spacial score (nSPS) is 25.4. The lowest BCUT2D eigenvalue weighted by molar-refractivity contribution is -0.291. The Morgan fingerprint density at radius 1 is 1.24 bits per heavy atom. The van der Waals surface area contributed by atoms with Crippen LogP contribution in [-0.4, -0.2) is 43.6 Å². The van der Waals surface area contributed by atoms with Crippen LogP contribution in [0.15, 0.2) is 0 Å². The van der Waals surface area contributed by atoms with E-state index in [2.05, 4.69) is 12.4 Å². The highest BCUT2D eigenvalue weighted by Gasteiger charge is 2.42. The maximum atomic E-state index is 11.7. The van der Waals surface area contributed by atoms with Gasteiger partial charge in [0.2, 0.25) is 5.91 Å². The van der Waals surface area contributed by atoms with Crippen molar-refractivity contribution in [2.45, 2.75) is 58.3 Å². The zero-order valence-electron chi connectivity index (χ0n) is 13.0. The average Bonchev–Trinajstić information content (AvgIpc) is 2.47. The molecule has 1 saturated heterocycles. The lowest BCUT2D eigenvalue weighted by Crippen LogP contribution is -2.52. The molecule has 1 aliphatic rings. The van der Waals surface area contributed by atoms with Crippen molar-refractivity contribution in [1.29, 1.82) is 0 Å². The minimum absolute atomic E-state index is 0.143. The molecule has 1 heterocycles. The molecular formula is C14H25NO6. The molecule has 1 fully saturated rings. The van der Waals surface area contributed by atoms with Crippen molar-refractivity contribution in [2.75, 3.05) is 19.8 Å². The molecule has 0 unspecified atom stereocenters. The van der Waals surface area contributed by atoms with Gasteiger partial charge in [-0.25, -0.2) is 10.3 Å². The number of ether oxygens (including phenoxy) is 3. The van der Waals surface area contributed by atoms with Crippen molar-refractivity contribution in [3.8, 4) is 0 Å². The summed E-state index contributed by atoms with van der Waals surface area (Å²) in [6.07, 6.45) is 2.90. The first kappa shape index (κ1) is 17.9. The molecule has 0 bridgehead atoms. The topological polar surface area (TPSA) is 83.1 Å². The second-order valence-corrected chi connectivity index (χ2v) is 5.01. The Morgan fingerprint density at radius 3 is 2.48 bits per heavy atom. The van der Waals surface area contributed by atoms with Crippen LogP contribution in [0.25, 0.3) is 0 Å². The van der Waals surface area contributed by atoms with Crippen LogP contribution in [0.5, 0.6) is 0 Å². The van der Waals surface area contributed by atoms with Crippen molar-refractivity contribution in [2.24, 2.45) is 0 Å². The van der Waals surface area contributed by atoms with Crippen molar-refractivity contribution in [1.82, 2.24) is 5.48 Å². The lowest BCUT2D eigenvalue weighted by atomic mass is 10.2. The minimum atomic E-state index is -1.40. The molecule has 7 heteroatoms. The molecule has 1 rings (SSSR count). The fourth-order valence-corrected chi connectivity index (χ4v) is 1.78. The Kier molecular flexibility index (Phi) is 7.63. The highest BCUT2D eigenvalue weighted by molar-refractivity contribution is 5.77. The van der Waals surface area contributed by atoms with Crippen molar-refractivity contribution >= 4 is 11.9 Å². The van der Waals surface area contributed by atoms with Crippen LogP contribution >= 0.6 is 0 Å². The Labute approximate surface area is 125 Å². The molecule has 0 atom stereocenters. The fourth-order valence-electron chi connectivity index (χ4n) is 1.78. The van der Waals surface area contributed by atoms with Gasteiger partial charge in [-0.1, -0.05) is 19.8 Å². The van der Waals surface area contributed by atoms with E-state index in [9.17, 15) is 9.59 Å². The van der Waals surface area contributed by atoms with Gasteiger partial charge in [-0.2, -0.15) is 0 Å². The van der Waals surface area contributed by atoms with Crippen molar-refractivity contribution in [3.63, 3.8) is 0 Å². The molecule has 0 spiro atoms. The summed E-state index contributed by atoms with van der Waals surface area (Å²) in [7, 11) is 0. The molecule has 1 amide bonds. The molecule has 7 nitrogen and oxygen atoms in total. The van der Waals surface area contributed by atoms with Gasteiger partial charge in [0.15, 0.2) is 0 Å². The number of rotatable bonds is 8. The molecule has 0 aliphatic carbocycles. The van der Waals surface area contributed by atoms with Gasteiger partial charge in [-0.3, -0.25) is 9.63 Å². The van der Waals surface area contributed by atoms with Crippen LogP contribution in [0.2, 0.25) is 0 Å². The zero-order valence-corrected chi connectivity index (χ0v) is 13.0. The smallest absolute Gasteiger partial charge is 0.366 e. The third-order valence-electron chi connectivity index (χ3n) is 3.08. The first-order chi connectivity index (χ1) is 10.0. The molecule has 0 saturated carbocycles. The molecule has 122 valence electrons. The monoisotopic (exact) mass is 303 g/mol. The van der Waals surface area contributed by atoms with Crippen molar-refractivity contribution < 1.29 is 28.6 Å². The minimum Gasteiger partial charge on any atom is -0.462 e. The van der Waals surface area contributed by atoms with Gasteiger partial charge < -0.3 is 14.2 Å². The van der Waals surface area contributed by atoms with E-state index in [4.69, 9.17) is 19.0 Å². The second-order valence-electron chi connectivity index (χ2n) is 5.01. The number of hydrogen-bond acceptors (Lipinski definition) is 6. The number of carbonyl (C=O) groups is 2. The molecule has 1 aliphatic heterocycles. The number of unbranched alkanes of at least 4 members (excludes halogenated alkanes) is 2. The quantitative estimate of drug-likeness (QED) is 0.413. The Morgan fingerprint density at radius 2 is 1.90 bits per heavy atom. The predicted molar refractivity (Wildman–Crippen MR) is 74.1 cm³/mol. The molecule has 21 heavy (non-hydrogen) atoms. The van der Waals surface area contributed by atoms with Crippen LogP contribution in [-0.2, 0) is 28.6 Å². The predicted octanol–water partition coefficient (Wildman–Crippen LogP) is 1.31. The van der Waals surface area contributed by atoms with Gasteiger partial charge in [0, 0.05) is 13.3 Å². The molecule has 0 radical (unpaired) electrons. The van der Waals surface area contributed by atoms with E-state index in [0.717, 1.165) is 19.3 Å². The van der Waals surface area contributed by atoms with Gasteiger partial charge in [0.1, 0.15) is 6.10 Å². The van der Waals surface area contributed by atoms with Crippen LogP contribution in [0.4, 0.5) is 0 Å². The number of carbonyl (C=O) groups excluding carboxylic acids is 2. The first-order valence-electron chi connectivity index (χ1n) is 7.41. The highest BCUT2D eigenvalue weighted by Crippen LogP contribution is 2.21. The molecule has 0 aromatic rings. The Bertz CT molecular complexity index is 338. The van der Waals surface area contributed by atoms with E-state index in [0.29, 0.717) is 6.42 Å². The van der Waals surface area contributed by atoms with E-state index in [1.165, 1.54) is 6.92 Å². The third kappa shape index (κ3) is 5.99. The summed E-state index contributed by atoms with van der Waals surface area (Å²) in [6, 6.07) is 0. The second kappa shape index (κ2) is 8.96. The van der Waals surface area contributed by atoms with E-state index in [-0.39, 0.29) is 25.7 Å². The van der Waals surface area contributed by atoms with Crippen LogP contribution in [0.3, 0.4) is 0 Å². The molecular weight excluding hydrogens is 278 g/mol. The summed E-state index contributed by atoms with van der Waals surface area (Å²) >= 11 is 0. The van der Waals surface area contributed by atoms with E-state index >= 15 is 0 Å². The van der Waals surface area contributed by atoms with Crippen molar-refractivity contribution in [3.05, 3.63) is 0 Å². The fraction of sp³-hybridized carbons (Fsp3) is 0.857. The third-order valence-corrected chi connectivity index (χ3v) is 3.08. The Hall–Kier alpha value is -1.18. The average molecular weight is 303 g/mol. The number of amides is 1. The zero-order chi connectivity index (χ0) is 15.7. The maximum Gasteiger partial charge on any atom is 0.366 e. The number of esters is 1. The van der Waals surface area contributed by atoms with Gasteiger partial charge in [-0.15, -0.1) is 0 Å². The maximum absolute atomic E-state index is 11.7. The standard InChI is InChI=1S/C14H25NO6/c1-4-6-7-8-12(16)15-21-11-9-19-14(3,20-10-11)13(17)18-5-2/h11H,4-10H2,1-3H3,(H,15,16). The van der Waals surface area contributed by atoms with E-state index in [1.807, 2.05) is 0 Å².